The Morgan fingerprint density at radius 2 is 0.611 bits per heavy atom. The average Bonchev–Trinajstić information content (AvgIpc) is 2.14. The molecule has 1 fully saturated rings. The molecule has 0 saturated heterocycles. The van der Waals surface area contributed by atoms with Gasteiger partial charge in [0.15, 0.2) is 0 Å². The largest absolute Gasteiger partial charge is 0.352 e. The Bertz CT molecular complexity index is 249. The summed E-state index contributed by atoms with van der Waals surface area (Å²) >= 11 is 0. The highest BCUT2D eigenvalue weighted by Crippen LogP contribution is 2.67. The molecule has 0 spiro atoms. The van der Waals surface area contributed by atoms with E-state index in [1.165, 1.54) is 0 Å². The second-order valence-corrected chi connectivity index (χ2v) is 4.73. The summed E-state index contributed by atoms with van der Waals surface area (Å²) in [5, 5.41) is 0. The fraction of sp³-hybridized carbons (Fsp3) is 1.00. The van der Waals surface area contributed by atoms with Crippen LogP contribution in [0.4, 0.5) is 39.5 Å². The van der Waals surface area contributed by atoms with Crippen LogP contribution in [0, 0.1) is 0 Å². The predicted octanol–water partition coefficient (Wildman–Crippen LogP) is 4.09. The first-order valence-corrected chi connectivity index (χ1v) is 4.70. The van der Waals surface area contributed by atoms with Gasteiger partial charge in [0.05, 0.1) is 0 Å². The van der Waals surface area contributed by atoms with Gasteiger partial charge in [0, 0.05) is 0 Å². The molecule has 3 atom stereocenters. The first-order valence-electron chi connectivity index (χ1n) is 4.70. The van der Waals surface area contributed by atoms with E-state index >= 15 is 0 Å². The van der Waals surface area contributed by atoms with E-state index in [1.807, 2.05) is 0 Å². The highest BCUT2D eigenvalue weighted by atomic mass is 19.3. The number of halogens is 9. The van der Waals surface area contributed by atoms with Gasteiger partial charge in [-0.25, -0.2) is 13.2 Å². The molecule has 1 aliphatic carbocycles. The van der Waals surface area contributed by atoms with Gasteiger partial charge >= 0.3 is 17.8 Å². The Kier molecular flexibility index (Phi) is 2.65. The van der Waals surface area contributed by atoms with Crippen molar-refractivity contribution >= 4 is 0 Å². The molecule has 9 heteroatoms. The molecule has 0 aliphatic heterocycles. The summed E-state index contributed by atoms with van der Waals surface area (Å²) in [6.45, 7) is -1.38. The number of hydrogen-bond donors (Lipinski definition) is 0. The normalized spacial score (nSPS) is 50.0. The van der Waals surface area contributed by atoms with Crippen LogP contribution in [-0.4, -0.2) is 34.8 Å². The third kappa shape index (κ3) is 1.11. The predicted molar refractivity (Wildman–Crippen MR) is 43.4 cm³/mol. The first-order chi connectivity index (χ1) is 7.50. The summed E-state index contributed by atoms with van der Waals surface area (Å²) in [5.41, 5.74) is -15.0. The number of rotatable bonds is 0. The smallest absolute Gasteiger partial charge is 0.234 e. The first kappa shape index (κ1) is 15.4. The van der Waals surface area contributed by atoms with Crippen LogP contribution < -0.4 is 0 Å². The Morgan fingerprint density at radius 1 is 0.389 bits per heavy atom. The molecular weight excluding hydrogens is 279 g/mol. The van der Waals surface area contributed by atoms with E-state index in [9.17, 15) is 39.5 Å². The molecule has 1 saturated carbocycles. The standard InChI is InChI=1S/C9H9F9/c1-4(10)5(2,11)8(15,16)9(17,18)6(3,12)7(4,13)14/h1-3H3. The zero-order chi connectivity index (χ0) is 15.0. The van der Waals surface area contributed by atoms with Gasteiger partial charge < -0.3 is 0 Å². The summed E-state index contributed by atoms with van der Waals surface area (Å²) < 4.78 is 120. The summed E-state index contributed by atoms with van der Waals surface area (Å²) in [5.74, 6) is -17.7. The van der Waals surface area contributed by atoms with Crippen molar-refractivity contribution in [3.8, 4) is 0 Å². The van der Waals surface area contributed by atoms with Crippen LogP contribution in [0.2, 0.25) is 0 Å². The van der Waals surface area contributed by atoms with E-state index in [0.29, 0.717) is 0 Å². The molecule has 0 heterocycles. The van der Waals surface area contributed by atoms with Gasteiger partial charge in [0.25, 0.3) is 0 Å². The second-order valence-electron chi connectivity index (χ2n) is 4.73. The van der Waals surface area contributed by atoms with Crippen molar-refractivity contribution in [2.24, 2.45) is 0 Å². The van der Waals surface area contributed by atoms with Gasteiger partial charge in [0.2, 0.25) is 17.0 Å². The Hall–Kier alpha value is -0.630. The summed E-state index contributed by atoms with van der Waals surface area (Å²) in [7, 11) is 0. The summed E-state index contributed by atoms with van der Waals surface area (Å²) in [6, 6.07) is 0. The molecule has 1 rings (SSSR count). The van der Waals surface area contributed by atoms with Gasteiger partial charge in [-0.3, -0.25) is 0 Å². The molecule has 0 N–H and O–H groups in total. The van der Waals surface area contributed by atoms with Crippen LogP contribution in [0.25, 0.3) is 0 Å². The van der Waals surface area contributed by atoms with Crippen LogP contribution in [0.15, 0.2) is 0 Å². The Labute approximate surface area is 96.1 Å². The summed E-state index contributed by atoms with van der Waals surface area (Å²) in [4.78, 5) is 0. The zero-order valence-electron chi connectivity index (χ0n) is 9.40. The van der Waals surface area contributed by atoms with E-state index < -0.39 is 48.6 Å². The molecule has 0 amide bonds. The molecule has 3 unspecified atom stereocenters. The van der Waals surface area contributed by atoms with E-state index in [4.69, 9.17) is 0 Å². The monoisotopic (exact) mass is 288 g/mol. The van der Waals surface area contributed by atoms with E-state index in [-0.39, 0.29) is 6.92 Å². The lowest BCUT2D eigenvalue weighted by molar-refractivity contribution is -0.426. The number of hydrogen-bond acceptors (Lipinski definition) is 0. The van der Waals surface area contributed by atoms with Gasteiger partial charge in [-0.2, -0.15) is 26.3 Å². The maximum Gasteiger partial charge on any atom is 0.352 e. The van der Waals surface area contributed by atoms with Crippen molar-refractivity contribution in [2.45, 2.75) is 55.5 Å². The quantitative estimate of drug-likeness (QED) is 0.589. The van der Waals surface area contributed by atoms with Crippen LogP contribution in [-0.2, 0) is 0 Å². The van der Waals surface area contributed by atoms with Crippen molar-refractivity contribution in [1.82, 2.24) is 0 Å². The molecule has 18 heavy (non-hydrogen) atoms. The minimum absolute atomic E-state index is 0.367. The molecule has 0 bridgehead atoms. The van der Waals surface area contributed by atoms with E-state index in [2.05, 4.69) is 0 Å². The van der Waals surface area contributed by atoms with Crippen molar-refractivity contribution in [3.63, 3.8) is 0 Å². The van der Waals surface area contributed by atoms with Crippen molar-refractivity contribution in [2.75, 3.05) is 0 Å². The Morgan fingerprint density at radius 3 is 0.944 bits per heavy atom. The van der Waals surface area contributed by atoms with E-state index in [0.717, 1.165) is 0 Å². The lowest BCUT2D eigenvalue weighted by Gasteiger charge is -2.55. The molecule has 0 aromatic rings. The fourth-order valence-electron chi connectivity index (χ4n) is 1.82. The highest BCUT2D eigenvalue weighted by molar-refractivity contribution is 5.28. The van der Waals surface area contributed by atoms with Crippen LogP contribution in [0.1, 0.15) is 20.8 Å². The maximum absolute atomic E-state index is 13.6. The van der Waals surface area contributed by atoms with Crippen molar-refractivity contribution in [1.29, 1.82) is 0 Å². The molecule has 0 radical (unpaired) electrons. The third-order valence-corrected chi connectivity index (χ3v) is 3.63. The van der Waals surface area contributed by atoms with Gasteiger partial charge in [-0.05, 0) is 20.8 Å². The highest BCUT2D eigenvalue weighted by Gasteiger charge is 2.94. The van der Waals surface area contributed by atoms with Gasteiger partial charge in [-0.15, -0.1) is 0 Å². The Balaban J connectivity index is 3.72. The lowest BCUT2D eigenvalue weighted by atomic mass is 9.63. The van der Waals surface area contributed by atoms with E-state index in [1.54, 1.807) is 0 Å². The average molecular weight is 288 g/mol. The molecule has 0 aromatic carbocycles. The lowest BCUT2D eigenvalue weighted by Crippen LogP contribution is -2.83. The van der Waals surface area contributed by atoms with Crippen LogP contribution in [0.3, 0.4) is 0 Å². The molecular formula is C9H9F9. The maximum atomic E-state index is 13.6. The molecule has 1 aliphatic rings. The fourth-order valence-corrected chi connectivity index (χ4v) is 1.82. The number of alkyl halides is 9. The molecule has 0 aromatic heterocycles. The minimum Gasteiger partial charge on any atom is -0.234 e. The third-order valence-electron chi connectivity index (χ3n) is 3.63. The van der Waals surface area contributed by atoms with Crippen molar-refractivity contribution < 1.29 is 39.5 Å². The van der Waals surface area contributed by atoms with Crippen LogP contribution >= 0.6 is 0 Å². The van der Waals surface area contributed by atoms with Crippen LogP contribution in [0.5, 0.6) is 0 Å². The SMILES string of the molecule is CC1(F)C(C)(F)C(F)(F)C(F)(F)C(C)(F)C1(F)F. The summed E-state index contributed by atoms with van der Waals surface area (Å²) in [6.07, 6.45) is 0. The second kappa shape index (κ2) is 3.09. The zero-order valence-corrected chi connectivity index (χ0v) is 9.40. The van der Waals surface area contributed by atoms with Gasteiger partial charge in [-0.1, -0.05) is 0 Å². The molecule has 108 valence electrons. The van der Waals surface area contributed by atoms with Gasteiger partial charge in [0.1, 0.15) is 0 Å². The topological polar surface area (TPSA) is 0 Å². The minimum atomic E-state index is -6.07. The molecule has 0 nitrogen and oxygen atoms in total. The van der Waals surface area contributed by atoms with Crippen molar-refractivity contribution in [3.05, 3.63) is 0 Å².